The predicted octanol–water partition coefficient (Wildman–Crippen LogP) is 3.96. The molecule has 0 radical (unpaired) electrons. The van der Waals surface area contributed by atoms with Crippen molar-refractivity contribution in [3.63, 3.8) is 0 Å². The number of benzene rings is 2. The van der Waals surface area contributed by atoms with E-state index >= 15 is 0 Å². The van der Waals surface area contributed by atoms with E-state index in [9.17, 15) is 18.0 Å². The molecule has 0 aliphatic carbocycles. The number of hydroxylamine groups is 2. The van der Waals surface area contributed by atoms with Crippen LogP contribution in [0.15, 0.2) is 59.1 Å². The Bertz CT molecular complexity index is 909. The van der Waals surface area contributed by atoms with Gasteiger partial charge in [0.1, 0.15) is 0 Å². The third-order valence-electron chi connectivity index (χ3n) is 3.67. The van der Waals surface area contributed by atoms with Gasteiger partial charge in [-0.1, -0.05) is 47.6 Å². The van der Waals surface area contributed by atoms with Gasteiger partial charge < -0.3 is 4.52 Å². The van der Waals surface area contributed by atoms with Gasteiger partial charge in [0.25, 0.3) is 5.91 Å². The minimum absolute atomic E-state index is 0.214. The van der Waals surface area contributed by atoms with Crippen LogP contribution < -0.4 is 0 Å². The fourth-order valence-electron chi connectivity index (χ4n) is 2.33. The molecule has 1 heterocycles. The molecule has 0 N–H and O–H groups in total. The van der Waals surface area contributed by atoms with Gasteiger partial charge in [0.2, 0.25) is 5.82 Å². The monoisotopic (exact) mass is 377 g/mol. The molecule has 3 aromatic rings. The van der Waals surface area contributed by atoms with Crippen molar-refractivity contribution in [2.24, 2.45) is 0 Å². The summed E-state index contributed by atoms with van der Waals surface area (Å²) in [5.74, 6) is -2.03. The molecule has 0 fully saturated rings. The lowest BCUT2D eigenvalue weighted by molar-refractivity contribution is -0.159. The standard InChI is InChI=1S/C18H14F3N3O3/c1-26-24(11-12-5-3-2-4-6-12)16(25)14-9-7-13(8-10-14)15-22-17(27-23-15)18(19,20)21/h2-10H,11H2,1H3. The van der Waals surface area contributed by atoms with Crippen molar-refractivity contribution < 1.29 is 27.3 Å². The Kier molecular flexibility index (Phi) is 5.22. The molecule has 1 aromatic heterocycles. The van der Waals surface area contributed by atoms with Gasteiger partial charge in [-0.05, 0) is 17.7 Å². The molecule has 0 saturated carbocycles. The smallest absolute Gasteiger partial charge is 0.329 e. The summed E-state index contributed by atoms with van der Waals surface area (Å²) >= 11 is 0. The molecule has 0 atom stereocenters. The minimum atomic E-state index is -4.71. The quantitative estimate of drug-likeness (QED) is 0.630. The molecular weight excluding hydrogens is 363 g/mol. The molecule has 1 amide bonds. The Balaban J connectivity index is 1.75. The highest BCUT2D eigenvalue weighted by molar-refractivity contribution is 5.93. The molecule has 0 aliphatic rings. The van der Waals surface area contributed by atoms with Crippen LogP contribution in [0, 0.1) is 0 Å². The van der Waals surface area contributed by atoms with Gasteiger partial charge in [0, 0.05) is 11.1 Å². The van der Waals surface area contributed by atoms with Crippen molar-refractivity contribution >= 4 is 5.91 Å². The highest BCUT2D eigenvalue weighted by Gasteiger charge is 2.38. The van der Waals surface area contributed by atoms with Crippen molar-refractivity contribution in [2.75, 3.05) is 7.11 Å². The van der Waals surface area contributed by atoms with E-state index in [4.69, 9.17) is 4.84 Å². The van der Waals surface area contributed by atoms with Gasteiger partial charge in [0.05, 0.1) is 13.7 Å². The zero-order valence-electron chi connectivity index (χ0n) is 14.1. The van der Waals surface area contributed by atoms with Gasteiger partial charge in [-0.3, -0.25) is 9.63 Å². The van der Waals surface area contributed by atoms with E-state index in [0.29, 0.717) is 5.56 Å². The predicted molar refractivity (Wildman–Crippen MR) is 88.1 cm³/mol. The number of nitrogens with zero attached hydrogens (tertiary/aromatic N) is 3. The molecule has 3 rings (SSSR count). The molecule has 6 nitrogen and oxygen atoms in total. The summed E-state index contributed by atoms with van der Waals surface area (Å²) in [6.45, 7) is 0.248. The third kappa shape index (κ3) is 4.32. The molecule has 0 aliphatic heterocycles. The second-order valence-corrected chi connectivity index (χ2v) is 5.51. The summed E-state index contributed by atoms with van der Waals surface area (Å²) in [6.07, 6.45) is -4.71. The molecule has 0 saturated heterocycles. The van der Waals surface area contributed by atoms with Crippen LogP contribution in [0.4, 0.5) is 13.2 Å². The van der Waals surface area contributed by atoms with Gasteiger partial charge in [-0.25, -0.2) is 5.06 Å². The number of rotatable bonds is 5. The van der Waals surface area contributed by atoms with Crippen LogP contribution >= 0.6 is 0 Å². The Hall–Kier alpha value is -3.20. The Morgan fingerprint density at radius 1 is 1.11 bits per heavy atom. The van der Waals surface area contributed by atoms with E-state index in [2.05, 4.69) is 14.7 Å². The average molecular weight is 377 g/mol. The fraction of sp³-hybridized carbons (Fsp3) is 0.167. The van der Waals surface area contributed by atoms with Crippen molar-refractivity contribution in [1.29, 1.82) is 0 Å². The molecular formula is C18H14F3N3O3. The van der Waals surface area contributed by atoms with E-state index in [0.717, 1.165) is 5.56 Å². The number of carbonyl (C=O) groups excluding carboxylic acids is 1. The van der Waals surface area contributed by atoms with Crippen molar-refractivity contribution in [1.82, 2.24) is 15.2 Å². The van der Waals surface area contributed by atoms with Gasteiger partial charge >= 0.3 is 12.1 Å². The van der Waals surface area contributed by atoms with Crippen LogP contribution in [0.1, 0.15) is 21.8 Å². The fourth-order valence-corrected chi connectivity index (χ4v) is 2.33. The molecule has 0 bridgehead atoms. The Morgan fingerprint density at radius 3 is 2.33 bits per heavy atom. The number of amides is 1. The number of carbonyl (C=O) groups is 1. The summed E-state index contributed by atoms with van der Waals surface area (Å²) in [4.78, 5) is 21.0. The first-order valence-corrected chi connectivity index (χ1v) is 7.79. The summed E-state index contributed by atoms with van der Waals surface area (Å²) in [5, 5.41) is 4.49. The van der Waals surface area contributed by atoms with Crippen molar-refractivity contribution in [3.8, 4) is 11.4 Å². The second-order valence-electron chi connectivity index (χ2n) is 5.51. The lowest BCUT2D eigenvalue weighted by atomic mass is 10.1. The largest absolute Gasteiger partial charge is 0.471 e. The van der Waals surface area contributed by atoms with Gasteiger partial charge in [0.15, 0.2) is 0 Å². The first-order valence-electron chi connectivity index (χ1n) is 7.79. The minimum Gasteiger partial charge on any atom is -0.329 e. The maximum absolute atomic E-state index is 12.6. The Labute approximate surface area is 152 Å². The normalized spacial score (nSPS) is 11.4. The lowest BCUT2D eigenvalue weighted by Crippen LogP contribution is -2.29. The van der Waals surface area contributed by atoms with Crippen LogP contribution in [0.5, 0.6) is 0 Å². The van der Waals surface area contributed by atoms with Crippen LogP contribution in [0.25, 0.3) is 11.4 Å². The topological polar surface area (TPSA) is 68.5 Å². The van der Waals surface area contributed by atoms with Crippen molar-refractivity contribution in [3.05, 3.63) is 71.6 Å². The number of alkyl halides is 3. The van der Waals surface area contributed by atoms with Crippen LogP contribution in [0.2, 0.25) is 0 Å². The van der Waals surface area contributed by atoms with Gasteiger partial charge in [-0.15, -0.1) is 0 Å². The SMILES string of the molecule is CON(Cc1ccccc1)C(=O)c1ccc(-c2noc(C(F)(F)F)n2)cc1. The molecule has 0 spiro atoms. The highest BCUT2D eigenvalue weighted by Crippen LogP contribution is 2.29. The first kappa shape index (κ1) is 18.6. The summed E-state index contributed by atoms with van der Waals surface area (Å²) < 4.78 is 41.8. The second kappa shape index (κ2) is 7.58. The van der Waals surface area contributed by atoms with Crippen LogP contribution in [-0.2, 0) is 17.6 Å². The zero-order chi connectivity index (χ0) is 19.4. The molecule has 9 heteroatoms. The number of hydrogen-bond donors (Lipinski definition) is 0. The molecule has 0 unspecified atom stereocenters. The number of hydrogen-bond acceptors (Lipinski definition) is 5. The maximum atomic E-state index is 12.6. The van der Waals surface area contributed by atoms with E-state index in [1.807, 2.05) is 30.3 Å². The van der Waals surface area contributed by atoms with Crippen molar-refractivity contribution in [2.45, 2.75) is 12.7 Å². The summed E-state index contributed by atoms with van der Waals surface area (Å²) in [6, 6.07) is 15.1. The van der Waals surface area contributed by atoms with Gasteiger partial charge in [-0.2, -0.15) is 18.2 Å². The zero-order valence-corrected chi connectivity index (χ0v) is 14.1. The summed E-state index contributed by atoms with van der Waals surface area (Å²) in [5.41, 5.74) is 1.48. The van der Waals surface area contributed by atoms with Crippen LogP contribution in [0.3, 0.4) is 0 Å². The molecule has 27 heavy (non-hydrogen) atoms. The molecule has 2 aromatic carbocycles. The lowest BCUT2D eigenvalue weighted by Gasteiger charge is -2.19. The number of aromatic nitrogens is 2. The van der Waals surface area contributed by atoms with E-state index in [-0.39, 0.29) is 17.9 Å². The summed E-state index contributed by atoms with van der Waals surface area (Å²) in [7, 11) is 1.38. The van der Waals surface area contributed by atoms with Crippen LogP contribution in [-0.4, -0.2) is 28.2 Å². The third-order valence-corrected chi connectivity index (χ3v) is 3.67. The Morgan fingerprint density at radius 2 is 1.78 bits per heavy atom. The molecule has 140 valence electrons. The van der Waals surface area contributed by atoms with E-state index in [1.54, 1.807) is 0 Å². The number of halogens is 3. The maximum Gasteiger partial charge on any atom is 0.471 e. The van der Waals surface area contributed by atoms with E-state index < -0.39 is 18.0 Å². The average Bonchev–Trinajstić information content (AvgIpc) is 3.17. The van der Waals surface area contributed by atoms with E-state index in [1.165, 1.54) is 36.4 Å². The first-order chi connectivity index (χ1) is 12.9. The highest BCUT2D eigenvalue weighted by atomic mass is 19.4.